The summed E-state index contributed by atoms with van der Waals surface area (Å²) in [4.78, 5) is 32.4. The third-order valence-electron chi connectivity index (χ3n) is 3.61. The number of carbonyl (C=O) groups excluding carboxylic acids is 2. The summed E-state index contributed by atoms with van der Waals surface area (Å²) in [5, 5.41) is 8.02. The van der Waals surface area contributed by atoms with Gasteiger partial charge in [-0.1, -0.05) is 6.07 Å². The fourth-order valence-electron chi connectivity index (χ4n) is 2.26. The number of amides is 2. The minimum atomic E-state index is -0.374. The zero-order valence-electron chi connectivity index (χ0n) is 14.3. The number of carbonyl (C=O) groups is 2. The molecule has 0 radical (unpaired) electrons. The Morgan fingerprint density at radius 1 is 1.04 bits per heavy atom. The van der Waals surface area contributed by atoms with Gasteiger partial charge in [-0.3, -0.25) is 14.6 Å². The highest BCUT2D eigenvalue weighted by atomic mass is 32.1. The lowest BCUT2D eigenvalue weighted by atomic mass is 10.2. The van der Waals surface area contributed by atoms with Gasteiger partial charge < -0.3 is 10.6 Å². The maximum atomic E-state index is 12.8. The van der Waals surface area contributed by atoms with Gasteiger partial charge in [0.15, 0.2) is 0 Å². The van der Waals surface area contributed by atoms with E-state index in [4.69, 9.17) is 0 Å². The lowest BCUT2D eigenvalue weighted by Gasteiger charge is -2.06. The van der Waals surface area contributed by atoms with Crippen LogP contribution in [-0.4, -0.2) is 21.8 Å². The number of pyridine rings is 1. The first-order valence-corrected chi connectivity index (χ1v) is 9.16. The van der Waals surface area contributed by atoms with Crippen LogP contribution in [0.1, 0.15) is 18.5 Å². The number of thiazole rings is 1. The molecule has 0 saturated carbocycles. The number of hydrogen-bond acceptors (Lipinski definition) is 5. The van der Waals surface area contributed by atoms with Gasteiger partial charge in [-0.15, -0.1) is 11.3 Å². The number of hydrogen-bond donors (Lipinski definition) is 2. The highest BCUT2D eigenvalue weighted by molar-refractivity contribution is 7.13. The van der Waals surface area contributed by atoms with Crippen LogP contribution in [-0.2, 0) is 16.1 Å². The highest BCUT2D eigenvalue weighted by Gasteiger charge is 2.09. The van der Waals surface area contributed by atoms with Crippen LogP contribution in [0.5, 0.6) is 0 Å². The van der Waals surface area contributed by atoms with Crippen LogP contribution in [0.4, 0.5) is 10.1 Å². The van der Waals surface area contributed by atoms with Gasteiger partial charge >= 0.3 is 0 Å². The number of anilines is 1. The molecule has 138 valence electrons. The lowest BCUT2D eigenvalue weighted by molar-refractivity contribution is -0.124. The Morgan fingerprint density at radius 3 is 2.56 bits per heavy atom. The smallest absolute Gasteiger partial charge is 0.224 e. The molecule has 3 aromatic rings. The summed E-state index contributed by atoms with van der Waals surface area (Å²) in [5.41, 5.74) is 2.02. The molecule has 0 bridgehead atoms. The van der Waals surface area contributed by atoms with E-state index in [1.54, 1.807) is 6.20 Å². The van der Waals surface area contributed by atoms with E-state index in [2.05, 4.69) is 20.6 Å². The first-order chi connectivity index (χ1) is 13.1. The van der Waals surface area contributed by atoms with Crippen LogP contribution in [0.2, 0.25) is 0 Å². The minimum absolute atomic E-state index is 0.0411. The molecule has 0 aliphatic carbocycles. The van der Waals surface area contributed by atoms with E-state index in [1.807, 2.05) is 23.6 Å². The number of aromatic nitrogens is 2. The molecule has 0 aliphatic heterocycles. The molecule has 1 aromatic carbocycles. The largest absolute Gasteiger partial charge is 0.350 e. The molecule has 0 aliphatic rings. The maximum absolute atomic E-state index is 12.8. The average Bonchev–Trinajstić information content (AvgIpc) is 3.16. The van der Waals surface area contributed by atoms with E-state index in [-0.39, 0.29) is 30.5 Å². The molecule has 0 fully saturated rings. The molecular weight excluding hydrogens is 367 g/mol. The van der Waals surface area contributed by atoms with Gasteiger partial charge in [-0.2, -0.15) is 0 Å². The molecule has 27 heavy (non-hydrogen) atoms. The molecule has 2 heterocycles. The van der Waals surface area contributed by atoms with Gasteiger partial charge in [0.2, 0.25) is 11.8 Å². The molecule has 3 rings (SSSR count). The fraction of sp³-hybridized carbons (Fsp3) is 0.158. The van der Waals surface area contributed by atoms with Crippen LogP contribution in [0.15, 0.2) is 54.0 Å². The normalized spacial score (nSPS) is 10.4. The second kappa shape index (κ2) is 9.00. The Balaban J connectivity index is 1.41. The Kier molecular flexibility index (Phi) is 6.22. The summed E-state index contributed by atoms with van der Waals surface area (Å²) in [6.07, 6.45) is 1.80. The molecule has 2 N–H and O–H groups in total. The van der Waals surface area contributed by atoms with Crippen LogP contribution >= 0.6 is 11.3 Å². The Morgan fingerprint density at radius 2 is 1.81 bits per heavy atom. The molecule has 0 spiro atoms. The third-order valence-corrected chi connectivity index (χ3v) is 4.52. The van der Waals surface area contributed by atoms with Gasteiger partial charge in [0, 0.05) is 30.1 Å². The van der Waals surface area contributed by atoms with Crippen molar-refractivity contribution in [2.24, 2.45) is 0 Å². The van der Waals surface area contributed by atoms with E-state index in [0.29, 0.717) is 12.2 Å². The summed E-state index contributed by atoms with van der Waals surface area (Å²) < 4.78 is 12.8. The quantitative estimate of drug-likeness (QED) is 0.654. The van der Waals surface area contributed by atoms with E-state index in [0.717, 1.165) is 16.4 Å². The van der Waals surface area contributed by atoms with Crippen molar-refractivity contribution in [3.05, 3.63) is 65.6 Å². The minimum Gasteiger partial charge on any atom is -0.350 e. The predicted octanol–water partition coefficient (Wildman–Crippen LogP) is 3.38. The zero-order chi connectivity index (χ0) is 19.1. The van der Waals surface area contributed by atoms with Crippen LogP contribution < -0.4 is 10.6 Å². The van der Waals surface area contributed by atoms with E-state index >= 15 is 0 Å². The van der Waals surface area contributed by atoms with Gasteiger partial charge in [0.1, 0.15) is 10.8 Å². The average molecular weight is 384 g/mol. The maximum Gasteiger partial charge on any atom is 0.224 e. The van der Waals surface area contributed by atoms with Crippen molar-refractivity contribution in [2.45, 2.75) is 19.4 Å². The first-order valence-electron chi connectivity index (χ1n) is 8.28. The Bertz CT molecular complexity index is 913. The topological polar surface area (TPSA) is 84.0 Å². The van der Waals surface area contributed by atoms with Gasteiger partial charge in [-0.05, 0) is 36.4 Å². The molecule has 2 aromatic heterocycles. The predicted molar refractivity (Wildman–Crippen MR) is 101 cm³/mol. The van der Waals surface area contributed by atoms with E-state index < -0.39 is 0 Å². The van der Waals surface area contributed by atoms with Crippen molar-refractivity contribution in [3.63, 3.8) is 0 Å². The van der Waals surface area contributed by atoms with Crippen molar-refractivity contribution < 1.29 is 14.0 Å². The van der Waals surface area contributed by atoms with Crippen molar-refractivity contribution in [2.75, 3.05) is 5.32 Å². The molecule has 0 saturated heterocycles. The summed E-state index contributed by atoms with van der Waals surface area (Å²) in [6.45, 7) is 0.293. The van der Waals surface area contributed by atoms with Gasteiger partial charge in [0.25, 0.3) is 0 Å². The number of nitrogens with zero attached hydrogens (tertiary/aromatic N) is 2. The highest BCUT2D eigenvalue weighted by Crippen LogP contribution is 2.21. The van der Waals surface area contributed by atoms with Crippen LogP contribution in [0.3, 0.4) is 0 Å². The Hall–Kier alpha value is -3.13. The molecular formula is C19H17FN4O2S. The standard InChI is InChI=1S/C19H17FN4O2S/c20-13-4-6-14(7-5-13)23-18(26)9-8-17(25)22-11-15-12-27-19(24-15)16-3-1-2-10-21-16/h1-7,10,12H,8-9,11H2,(H,22,25)(H,23,26). The van der Waals surface area contributed by atoms with E-state index in [9.17, 15) is 14.0 Å². The van der Waals surface area contributed by atoms with Crippen molar-refractivity contribution in [1.29, 1.82) is 0 Å². The molecule has 8 heteroatoms. The second-order valence-electron chi connectivity index (χ2n) is 5.69. The number of rotatable bonds is 7. The van der Waals surface area contributed by atoms with Crippen molar-refractivity contribution in [3.8, 4) is 10.7 Å². The monoisotopic (exact) mass is 384 g/mol. The van der Waals surface area contributed by atoms with Crippen molar-refractivity contribution in [1.82, 2.24) is 15.3 Å². The number of benzene rings is 1. The first kappa shape index (κ1) is 18.7. The number of halogens is 1. The fourth-order valence-corrected chi connectivity index (χ4v) is 3.05. The zero-order valence-corrected chi connectivity index (χ0v) is 15.1. The summed E-state index contributed by atoms with van der Waals surface area (Å²) >= 11 is 1.46. The SMILES string of the molecule is O=C(CCC(=O)Nc1ccc(F)cc1)NCc1csc(-c2ccccn2)n1. The van der Waals surface area contributed by atoms with Gasteiger partial charge in [-0.25, -0.2) is 9.37 Å². The summed E-state index contributed by atoms with van der Waals surface area (Å²) in [6, 6.07) is 11.1. The number of nitrogens with one attached hydrogen (secondary N) is 2. The third kappa shape index (κ3) is 5.68. The van der Waals surface area contributed by atoms with Crippen LogP contribution in [0.25, 0.3) is 10.7 Å². The Labute approximate surface area is 159 Å². The molecule has 0 atom stereocenters. The van der Waals surface area contributed by atoms with E-state index in [1.165, 1.54) is 35.6 Å². The van der Waals surface area contributed by atoms with Crippen molar-refractivity contribution >= 4 is 28.8 Å². The van der Waals surface area contributed by atoms with Crippen LogP contribution in [0, 0.1) is 5.82 Å². The molecule has 0 unspecified atom stereocenters. The molecule has 2 amide bonds. The lowest BCUT2D eigenvalue weighted by Crippen LogP contribution is -2.24. The summed E-state index contributed by atoms with van der Waals surface area (Å²) in [5.74, 6) is -0.917. The van der Waals surface area contributed by atoms with Gasteiger partial charge in [0.05, 0.1) is 17.9 Å². The molecule has 6 nitrogen and oxygen atoms in total. The second-order valence-corrected chi connectivity index (χ2v) is 6.55. The summed E-state index contributed by atoms with van der Waals surface area (Å²) in [7, 11) is 0.